The van der Waals surface area contributed by atoms with Crippen molar-refractivity contribution in [3.8, 4) is 0 Å². The lowest BCUT2D eigenvalue weighted by molar-refractivity contribution is 0.100. The van der Waals surface area contributed by atoms with Crippen LogP contribution in [0.4, 0.5) is 11.5 Å². The zero-order valence-corrected chi connectivity index (χ0v) is 14.4. The fourth-order valence-corrected chi connectivity index (χ4v) is 2.66. The molecule has 2 heterocycles. The number of likely N-dealkylation sites (N-methyl/N-ethyl adjacent to an activating group) is 1. The minimum atomic E-state index is -0.349. The molecule has 0 aliphatic carbocycles. The number of rotatable bonds is 4. The quantitative estimate of drug-likeness (QED) is 0.854. The first-order valence-corrected chi connectivity index (χ1v) is 8.22. The summed E-state index contributed by atoms with van der Waals surface area (Å²) in [6, 6.07) is 10.3. The van der Waals surface area contributed by atoms with Gasteiger partial charge in [-0.05, 0) is 38.2 Å². The van der Waals surface area contributed by atoms with Gasteiger partial charge in [0.15, 0.2) is 17.3 Å². The van der Waals surface area contributed by atoms with Crippen molar-refractivity contribution in [1.82, 2.24) is 15.1 Å². The number of amides is 1. The molecular weight excluding hydrogens is 318 g/mol. The van der Waals surface area contributed by atoms with E-state index in [4.69, 9.17) is 0 Å². The van der Waals surface area contributed by atoms with Crippen molar-refractivity contribution >= 4 is 23.2 Å². The van der Waals surface area contributed by atoms with E-state index in [1.54, 1.807) is 30.3 Å². The zero-order valence-electron chi connectivity index (χ0n) is 14.4. The lowest BCUT2D eigenvalue weighted by atomic mass is 10.1. The van der Waals surface area contributed by atoms with Crippen LogP contribution in [0.25, 0.3) is 0 Å². The highest BCUT2D eigenvalue weighted by Crippen LogP contribution is 2.14. The molecule has 0 spiro atoms. The first-order chi connectivity index (χ1) is 12.0. The average molecular weight is 339 g/mol. The number of nitrogens with zero attached hydrogens (tertiary/aromatic N) is 4. The van der Waals surface area contributed by atoms with Crippen molar-refractivity contribution in [2.24, 2.45) is 0 Å². The van der Waals surface area contributed by atoms with Crippen LogP contribution in [-0.2, 0) is 0 Å². The first-order valence-electron chi connectivity index (χ1n) is 8.22. The van der Waals surface area contributed by atoms with Crippen LogP contribution in [0.1, 0.15) is 27.8 Å². The summed E-state index contributed by atoms with van der Waals surface area (Å²) in [6.45, 7) is 5.25. The van der Waals surface area contributed by atoms with E-state index in [-0.39, 0.29) is 17.4 Å². The molecule has 0 saturated carbocycles. The van der Waals surface area contributed by atoms with Crippen LogP contribution in [0.2, 0.25) is 0 Å². The Hall–Kier alpha value is -2.80. The number of carbonyl (C=O) groups is 2. The third kappa shape index (κ3) is 4.19. The number of hydrogen-bond acceptors (Lipinski definition) is 6. The van der Waals surface area contributed by atoms with E-state index in [0.29, 0.717) is 11.3 Å². The van der Waals surface area contributed by atoms with Gasteiger partial charge in [0.1, 0.15) is 0 Å². The molecule has 1 aliphatic heterocycles. The number of Topliss-reactive ketones (excluding diaryl/α,β-unsaturated/α-hetero) is 1. The minimum Gasteiger partial charge on any atom is -0.353 e. The molecule has 2 aromatic rings. The monoisotopic (exact) mass is 339 g/mol. The smallest absolute Gasteiger partial charge is 0.276 e. The van der Waals surface area contributed by atoms with Gasteiger partial charge < -0.3 is 15.1 Å². The number of aromatic nitrogens is 2. The predicted molar refractivity (Wildman–Crippen MR) is 96.1 cm³/mol. The molecule has 3 rings (SSSR count). The Morgan fingerprint density at radius 3 is 2.44 bits per heavy atom. The fourth-order valence-electron chi connectivity index (χ4n) is 2.66. The second-order valence-electron chi connectivity index (χ2n) is 6.16. The summed E-state index contributed by atoms with van der Waals surface area (Å²) in [5.74, 6) is 0.383. The van der Waals surface area contributed by atoms with E-state index in [1.165, 1.54) is 6.92 Å². The average Bonchev–Trinajstić information content (AvgIpc) is 2.63. The van der Waals surface area contributed by atoms with Crippen LogP contribution < -0.4 is 10.2 Å². The van der Waals surface area contributed by atoms with Gasteiger partial charge >= 0.3 is 0 Å². The Morgan fingerprint density at radius 1 is 1.04 bits per heavy atom. The Balaban J connectivity index is 1.66. The van der Waals surface area contributed by atoms with Crippen molar-refractivity contribution in [2.75, 3.05) is 43.4 Å². The Bertz CT molecular complexity index is 767. The molecule has 0 bridgehead atoms. The second-order valence-corrected chi connectivity index (χ2v) is 6.16. The Labute approximate surface area is 146 Å². The lowest BCUT2D eigenvalue weighted by Gasteiger charge is -2.32. The van der Waals surface area contributed by atoms with E-state index in [9.17, 15) is 9.59 Å². The van der Waals surface area contributed by atoms with Crippen molar-refractivity contribution in [3.63, 3.8) is 0 Å². The van der Waals surface area contributed by atoms with Gasteiger partial charge in [0.2, 0.25) is 0 Å². The van der Waals surface area contributed by atoms with Crippen molar-refractivity contribution in [1.29, 1.82) is 0 Å². The summed E-state index contributed by atoms with van der Waals surface area (Å²) >= 11 is 0. The summed E-state index contributed by atoms with van der Waals surface area (Å²) in [5, 5.41) is 11.0. The molecule has 1 aliphatic rings. The normalized spacial score (nSPS) is 15.0. The summed E-state index contributed by atoms with van der Waals surface area (Å²) in [5.41, 5.74) is 1.35. The van der Waals surface area contributed by atoms with E-state index in [0.717, 1.165) is 32.0 Å². The first kappa shape index (κ1) is 17.0. The Kier molecular flexibility index (Phi) is 5.04. The van der Waals surface area contributed by atoms with Gasteiger partial charge in [-0.25, -0.2) is 0 Å². The maximum absolute atomic E-state index is 12.3. The molecule has 1 N–H and O–H groups in total. The number of piperazine rings is 1. The number of carbonyl (C=O) groups excluding carboxylic acids is 2. The Morgan fingerprint density at radius 2 is 1.80 bits per heavy atom. The summed E-state index contributed by atoms with van der Waals surface area (Å²) in [6.07, 6.45) is 0. The van der Waals surface area contributed by atoms with Crippen LogP contribution in [0.5, 0.6) is 0 Å². The molecule has 7 heteroatoms. The van der Waals surface area contributed by atoms with Gasteiger partial charge in [0, 0.05) is 37.4 Å². The highest BCUT2D eigenvalue weighted by atomic mass is 16.2. The van der Waals surface area contributed by atoms with Crippen LogP contribution in [0, 0.1) is 0 Å². The maximum atomic E-state index is 12.3. The minimum absolute atomic E-state index is 0.0487. The van der Waals surface area contributed by atoms with E-state index in [1.807, 2.05) is 6.07 Å². The molecule has 7 nitrogen and oxygen atoms in total. The molecule has 1 aromatic carbocycles. The number of ketones is 1. The van der Waals surface area contributed by atoms with E-state index >= 15 is 0 Å². The van der Waals surface area contributed by atoms with Gasteiger partial charge in [0.05, 0.1) is 0 Å². The lowest BCUT2D eigenvalue weighted by Crippen LogP contribution is -2.44. The van der Waals surface area contributed by atoms with E-state index in [2.05, 4.69) is 32.4 Å². The molecule has 130 valence electrons. The summed E-state index contributed by atoms with van der Waals surface area (Å²) in [7, 11) is 2.09. The summed E-state index contributed by atoms with van der Waals surface area (Å²) < 4.78 is 0. The maximum Gasteiger partial charge on any atom is 0.276 e. The molecule has 1 amide bonds. The molecule has 0 radical (unpaired) electrons. The molecule has 1 fully saturated rings. The molecule has 1 aromatic heterocycles. The highest BCUT2D eigenvalue weighted by Gasteiger charge is 2.16. The second kappa shape index (κ2) is 7.40. The number of hydrogen-bond donors (Lipinski definition) is 1. The number of nitrogens with one attached hydrogen (secondary N) is 1. The van der Waals surface area contributed by atoms with Crippen molar-refractivity contribution < 1.29 is 9.59 Å². The third-order valence-electron chi connectivity index (χ3n) is 4.24. The van der Waals surface area contributed by atoms with Gasteiger partial charge in [-0.2, -0.15) is 0 Å². The standard InChI is InChI=1S/C18H21N5O2/c1-13(24)14-4-3-5-15(12-14)19-18(25)16-6-7-17(21-20-16)23-10-8-22(2)9-11-23/h3-7,12H,8-11H2,1-2H3,(H,19,25). The zero-order chi connectivity index (χ0) is 17.8. The van der Waals surface area contributed by atoms with Crippen LogP contribution in [0.3, 0.4) is 0 Å². The topological polar surface area (TPSA) is 78.4 Å². The van der Waals surface area contributed by atoms with Crippen molar-refractivity contribution in [3.05, 3.63) is 47.7 Å². The predicted octanol–water partition coefficient (Wildman–Crippen LogP) is 1.68. The third-order valence-corrected chi connectivity index (χ3v) is 4.24. The van der Waals surface area contributed by atoms with Crippen LogP contribution in [0.15, 0.2) is 36.4 Å². The van der Waals surface area contributed by atoms with Gasteiger partial charge in [-0.3, -0.25) is 9.59 Å². The molecule has 1 saturated heterocycles. The van der Waals surface area contributed by atoms with Crippen molar-refractivity contribution in [2.45, 2.75) is 6.92 Å². The van der Waals surface area contributed by atoms with Crippen LogP contribution >= 0.6 is 0 Å². The van der Waals surface area contributed by atoms with Gasteiger partial charge in [-0.1, -0.05) is 12.1 Å². The molecule has 0 unspecified atom stereocenters. The van der Waals surface area contributed by atoms with Gasteiger partial charge in [0.25, 0.3) is 5.91 Å². The number of anilines is 2. The fraction of sp³-hybridized carbons (Fsp3) is 0.333. The molecule has 0 atom stereocenters. The highest BCUT2D eigenvalue weighted by molar-refractivity contribution is 6.03. The molecule has 25 heavy (non-hydrogen) atoms. The SMILES string of the molecule is CC(=O)c1cccc(NC(=O)c2ccc(N3CCN(C)CC3)nn2)c1. The molecular formula is C18H21N5O2. The summed E-state index contributed by atoms with van der Waals surface area (Å²) in [4.78, 5) is 28.1. The number of benzene rings is 1. The van der Waals surface area contributed by atoms with Crippen LogP contribution in [-0.4, -0.2) is 60.0 Å². The largest absolute Gasteiger partial charge is 0.353 e. The van der Waals surface area contributed by atoms with E-state index < -0.39 is 0 Å². The van der Waals surface area contributed by atoms with Gasteiger partial charge in [-0.15, -0.1) is 10.2 Å².